The summed E-state index contributed by atoms with van der Waals surface area (Å²) in [6.07, 6.45) is 0. The lowest BCUT2D eigenvalue weighted by molar-refractivity contribution is -0.148. The second kappa shape index (κ2) is 10.0. The van der Waals surface area contributed by atoms with Crippen molar-refractivity contribution in [3.8, 4) is 5.75 Å². The van der Waals surface area contributed by atoms with Crippen LogP contribution in [0.1, 0.15) is 35.7 Å². The van der Waals surface area contributed by atoms with Crippen LogP contribution in [-0.4, -0.2) is 48.4 Å². The number of H-pyrrole nitrogens is 1. The molecule has 1 aliphatic heterocycles. The number of ether oxygens (including phenoxy) is 3. The number of carbonyl (C=O) groups excluding carboxylic acids is 1. The molecule has 3 atom stereocenters. The summed E-state index contributed by atoms with van der Waals surface area (Å²) in [6.45, 7) is 2.51. The number of aromatic nitrogens is 1. The molecule has 1 aromatic heterocycles. The van der Waals surface area contributed by atoms with E-state index in [0.29, 0.717) is 18.1 Å². The number of esters is 1. The minimum atomic E-state index is -1.09. The number of rotatable bonds is 8. The second-order valence-corrected chi connectivity index (χ2v) is 8.82. The van der Waals surface area contributed by atoms with Gasteiger partial charge in [-0.3, -0.25) is 14.9 Å². The van der Waals surface area contributed by atoms with Gasteiger partial charge in [0.1, 0.15) is 24.4 Å². The van der Waals surface area contributed by atoms with Gasteiger partial charge in [-0.05, 0) is 47.0 Å². The fourth-order valence-electron chi connectivity index (χ4n) is 5.07. The van der Waals surface area contributed by atoms with Crippen LogP contribution >= 0.6 is 0 Å². The smallest absolute Gasteiger partial charge is 0.326 e. The molecule has 36 heavy (non-hydrogen) atoms. The second-order valence-electron chi connectivity index (χ2n) is 8.82. The van der Waals surface area contributed by atoms with Crippen LogP contribution < -0.4 is 10.1 Å². The number of carbonyl (C=O) groups is 2. The van der Waals surface area contributed by atoms with Gasteiger partial charge in [0.2, 0.25) is 0 Å². The first-order chi connectivity index (χ1) is 17.5. The van der Waals surface area contributed by atoms with Gasteiger partial charge in [-0.1, -0.05) is 42.5 Å². The number of aromatic amines is 1. The average Bonchev–Trinajstić information content (AvgIpc) is 3.26. The fraction of sp³-hybridized carbons (Fsp3) is 0.286. The number of benzene rings is 3. The Morgan fingerprint density at radius 3 is 2.61 bits per heavy atom. The summed E-state index contributed by atoms with van der Waals surface area (Å²) in [5.74, 6) is -1.39. The standard InChI is InChI=1S/C28H28N2O6/c1-3-35-28(33)24-21(15-34-2)23-20-13-18(11-12-22(20)29-25(23)26(30-24)27(31)32)36-14-17-9-6-8-16-7-4-5-10-19(16)17/h4-13,21,24,26,29-30H,3,14-15H2,1-2H3,(H,31,32). The molecule has 0 radical (unpaired) electrons. The lowest BCUT2D eigenvalue weighted by Gasteiger charge is -2.34. The molecule has 8 nitrogen and oxygen atoms in total. The Hall–Kier alpha value is -3.88. The highest BCUT2D eigenvalue weighted by Gasteiger charge is 2.44. The van der Waals surface area contributed by atoms with Crippen molar-refractivity contribution in [3.05, 3.63) is 77.5 Å². The first-order valence-corrected chi connectivity index (χ1v) is 11.9. The summed E-state index contributed by atoms with van der Waals surface area (Å²) >= 11 is 0. The Bertz CT molecular complexity index is 1420. The van der Waals surface area contributed by atoms with Crippen LogP contribution in [0.3, 0.4) is 0 Å². The lowest BCUT2D eigenvalue weighted by atomic mass is 9.83. The van der Waals surface area contributed by atoms with Crippen molar-refractivity contribution in [2.45, 2.75) is 31.5 Å². The molecule has 2 heterocycles. The quantitative estimate of drug-likeness (QED) is 0.317. The van der Waals surface area contributed by atoms with Gasteiger partial charge in [-0.15, -0.1) is 0 Å². The van der Waals surface area contributed by atoms with E-state index in [4.69, 9.17) is 14.2 Å². The normalized spacial score (nSPS) is 19.2. The van der Waals surface area contributed by atoms with Crippen molar-refractivity contribution in [1.82, 2.24) is 10.3 Å². The van der Waals surface area contributed by atoms with Gasteiger partial charge in [0.05, 0.1) is 13.2 Å². The molecule has 0 aliphatic carbocycles. The third-order valence-corrected chi connectivity index (χ3v) is 6.66. The topological polar surface area (TPSA) is 110 Å². The van der Waals surface area contributed by atoms with E-state index in [-0.39, 0.29) is 13.2 Å². The first kappa shape index (κ1) is 23.8. The molecule has 4 aromatic rings. The van der Waals surface area contributed by atoms with E-state index in [0.717, 1.165) is 32.8 Å². The minimum Gasteiger partial charge on any atom is -0.489 e. The molecule has 3 N–H and O–H groups in total. The summed E-state index contributed by atoms with van der Waals surface area (Å²) in [5.41, 5.74) is 3.06. The number of hydrogen-bond donors (Lipinski definition) is 3. The highest BCUT2D eigenvalue weighted by molar-refractivity contribution is 5.92. The van der Waals surface area contributed by atoms with E-state index < -0.39 is 29.9 Å². The Morgan fingerprint density at radius 1 is 1.03 bits per heavy atom. The van der Waals surface area contributed by atoms with Gasteiger partial charge < -0.3 is 24.3 Å². The van der Waals surface area contributed by atoms with E-state index in [1.807, 2.05) is 42.5 Å². The highest BCUT2D eigenvalue weighted by atomic mass is 16.5. The van der Waals surface area contributed by atoms with Crippen LogP contribution in [0.4, 0.5) is 0 Å². The van der Waals surface area contributed by atoms with Gasteiger partial charge in [0, 0.05) is 29.6 Å². The maximum atomic E-state index is 12.8. The predicted molar refractivity (Wildman–Crippen MR) is 135 cm³/mol. The zero-order valence-electron chi connectivity index (χ0n) is 20.1. The molecule has 5 rings (SSSR count). The van der Waals surface area contributed by atoms with Crippen molar-refractivity contribution >= 4 is 33.6 Å². The van der Waals surface area contributed by atoms with E-state index >= 15 is 0 Å². The Morgan fingerprint density at radius 2 is 1.83 bits per heavy atom. The third-order valence-electron chi connectivity index (χ3n) is 6.66. The molecular weight excluding hydrogens is 460 g/mol. The van der Waals surface area contributed by atoms with Crippen LogP contribution in [0.2, 0.25) is 0 Å². The third kappa shape index (κ3) is 4.29. The molecule has 1 aliphatic rings. The van der Waals surface area contributed by atoms with Crippen molar-refractivity contribution < 1.29 is 28.9 Å². The molecular formula is C28H28N2O6. The first-order valence-electron chi connectivity index (χ1n) is 11.9. The summed E-state index contributed by atoms with van der Waals surface area (Å²) in [5, 5.41) is 15.9. The van der Waals surface area contributed by atoms with Crippen molar-refractivity contribution in [2.75, 3.05) is 20.3 Å². The Kier molecular flexibility index (Phi) is 6.63. The highest BCUT2D eigenvalue weighted by Crippen LogP contribution is 2.41. The van der Waals surface area contributed by atoms with Crippen LogP contribution in [0.15, 0.2) is 60.7 Å². The Labute approximate surface area is 208 Å². The summed E-state index contributed by atoms with van der Waals surface area (Å²) in [4.78, 5) is 28.2. The summed E-state index contributed by atoms with van der Waals surface area (Å²) in [7, 11) is 1.55. The van der Waals surface area contributed by atoms with Crippen molar-refractivity contribution in [1.29, 1.82) is 0 Å². The number of fused-ring (bicyclic) bond motifs is 4. The average molecular weight is 489 g/mol. The van der Waals surface area contributed by atoms with Gasteiger partial charge >= 0.3 is 11.9 Å². The van der Waals surface area contributed by atoms with Gasteiger partial charge in [-0.2, -0.15) is 0 Å². The number of carboxylic acids is 1. The zero-order chi connectivity index (χ0) is 25.2. The maximum absolute atomic E-state index is 12.8. The molecule has 0 fully saturated rings. The van der Waals surface area contributed by atoms with Gasteiger partial charge in [0.15, 0.2) is 0 Å². The summed E-state index contributed by atoms with van der Waals surface area (Å²) in [6, 6.07) is 17.9. The molecule has 0 saturated carbocycles. The van der Waals surface area contributed by atoms with Crippen LogP contribution in [0.25, 0.3) is 21.7 Å². The van der Waals surface area contributed by atoms with E-state index in [1.165, 1.54) is 0 Å². The molecule has 3 unspecified atom stereocenters. The molecule has 0 bridgehead atoms. The molecule has 0 spiro atoms. The SMILES string of the molecule is CCOC(=O)C1NC(C(=O)O)c2[nH]c3ccc(OCc4cccc5ccccc45)cc3c2C1COC. The molecule has 186 valence electrons. The minimum absolute atomic E-state index is 0.196. The van der Waals surface area contributed by atoms with Crippen LogP contribution in [-0.2, 0) is 25.7 Å². The number of nitrogens with one attached hydrogen (secondary N) is 2. The number of aliphatic carboxylic acids is 1. The fourth-order valence-corrected chi connectivity index (χ4v) is 5.07. The van der Waals surface area contributed by atoms with Gasteiger partial charge in [0.25, 0.3) is 0 Å². The summed E-state index contributed by atoms with van der Waals surface area (Å²) < 4.78 is 16.9. The van der Waals surface area contributed by atoms with E-state index in [1.54, 1.807) is 14.0 Å². The van der Waals surface area contributed by atoms with Crippen molar-refractivity contribution in [2.24, 2.45) is 0 Å². The van der Waals surface area contributed by atoms with Crippen molar-refractivity contribution in [3.63, 3.8) is 0 Å². The number of methoxy groups -OCH3 is 1. The lowest BCUT2D eigenvalue weighted by Crippen LogP contribution is -2.51. The van der Waals surface area contributed by atoms with Crippen LogP contribution in [0, 0.1) is 0 Å². The molecule has 0 saturated heterocycles. The van der Waals surface area contributed by atoms with E-state index in [2.05, 4.69) is 28.5 Å². The number of hydrogen-bond acceptors (Lipinski definition) is 6. The molecule has 3 aromatic carbocycles. The van der Waals surface area contributed by atoms with Crippen LogP contribution in [0.5, 0.6) is 5.75 Å². The largest absolute Gasteiger partial charge is 0.489 e. The molecule has 8 heteroatoms. The zero-order valence-corrected chi connectivity index (χ0v) is 20.1. The molecule has 0 amide bonds. The van der Waals surface area contributed by atoms with Gasteiger partial charge in [-0.25, -0.2) is 0 Å². The van der Waals surface area contributed by atoms with E-state index in [9.17, 15) is 14.7 Å². The Balaban J connectivity index is 1.53. The predicted octanol–water partition coefficient (Wildman–Crippen LogP) is 4.29. The monoisotopic (exact) mass is 488 g/mol. The number of carboxylic acid groups (broad SMARTS) is 1. The maximum Gasteiger partial charge on any atom is 0.326 e.